The van der Waals surface area contributed by atoms with E-state index in [-0.39, 0.29) is 27.1 Å². The van der Waals surface area contributed by atoms with E-state index in [1.807, 2.05) is 0 Å². The molecular weight excluding hydrogens is 339 g/mol. The molecule has 2 aliphatic carbocycles. The van der Waals surface area contributed by atoms with E-state index in [0.29, 0.717) is 0 Å². The largest absolute Gasteiger partial charge is 0.0912 e. The van der Waals surface area contributed by atoms with Gasteiger partial charge in [0.25, 0.3) is 0 Å². The fourth-order valence-electron chi connectivity index (χ4n) is 2.95. The van der Waals surface area contributed by atoms with E-state index in [2.05, 4.69) is 41.5 Å². The molecule has 2 aliphatic rings. The van der Waals surface area contributed by atoms with Crippen molar-refractivity contribution in [2.75, 3.05) is 0 Å². The first-order valence-corrected chi connectivity index (χ1v) is 8.96. The number of hydrogen-bond acceptors (Lipinski definition) is 0. The average Bonchev–Trinajstić information content (AvgIpc) is 2.65. The van der Waals surface area contributed by atoms with E-state index in [0.717, 1.165) is 16.5 Å². The van der Waals surface area contributed by atoms with Crippen LogP contribution in [0.15, 0.2) is 42.7 Å². The van der Waals surface area contributed by atoms with Gasteiger partial charge in [-0.15, -0.1) is 0 Å². The summed E-state index contributed by atoms with van der Waals surface area (Å²) in [5.74, 6) is 0. The van der Waals surface area contributed by atoms with Crippen LogP contribution in [0.5, 0.6) is 0 Å². The van der Waals surface area contributed by atoms with E-state index in [9.17, 15) is 0 Å². The first kappa shape index (κ1) is 18.5. The van der Waals surface area contributed by atoms with Gasteiger partial charge in [-0.25, -0.2) is 0 Å². The standard InChI is InChI=1S/C16H22Cl2Si.Ti/c1-8-7-12(17)13(9(8)2)19-14-10(3)11(4)16(5,6)15(14)18;/h7,19H2,1-6H3;. The Bertz CT molecular complexity index is 577. The molecule has 4 heteroatoms. The third-order valence-electron chi connectivity index (χ3n) is 4.96. The molecule has 0 saturated heterocycles. The molecule has 0 aromatic heterocycles. The summed E-state index contributed by atoms with van der Waals surface area (Å²) in [4.78, 5) is 0. The number of allylic oxidation sites excluding steroid dienone is 8. The molecule has 108 valence electrons. The van der Waals surface area contributed by atoms with Crippen LogP contribution in [0, 0.1) is 5.41 Å². The quantitative estimate of drug-likeness (QED) is 0.596. The minimum absolute atomic E-state index is 0. The topological polar surface area (TPSA) is 0 Å². The first-order chi connectivity index (χ1) is 8.67. The molecule has 0 N–H and O–H groups in total. The van der Waals surface area contributed by atoms with Crippen LogP contribution in [0.25, 0.3) is 0 Å². The summed E-state index contributed by atoms with van der Waals surface area (Å²) < 4.78 is 0. The summed E-state index contributed by atoms with van der Waals surface area (Å²) in [5.41, 5.74) is 5.64. The zero-order valence-electron chi connectivity index (χ0n) is 13.2. The summed E-state index contributed by atoms with van der Waals surface area (Å²) >= 11 is 13.1. The maximum absolute atomic E-state index is 6.66. The Morgan fingerprint density at radius 2 is 1.50 bits per heavy atom. The van der Waals surface area contributed by atoms with Crippen LogP contribution in [0.4, 0.5) is 0 Å². The van der Waals surface area contributed by atoms with Gasteiger partial charge in [0, 0.05) is 43.6 Å². The molecule has 2 rings (SSSR count). The second-order valence-electron chi connectivity index (χ2n) is 6.31. The number of halogens is 2. The van der Waals surface area contributed by atoms with Gasteiger partial charge in [-0.05, 0) is 38.1 Å². The van der Waals surface area contributed by atoms with Crippen molar-refractivity contribution >= 4 is 32.7 Å². The van der Waals surface area contributed by atoms with E-state index < -0.39 is 9.52 Å². The first-order valence-electron chi connectivity index (χ1n) is 6.79. The predicted molar refractivity (Wildman–Crippen MR) is 89.4 cm³/mol. The van der Waals surface area contributed by atoms with Gasteiger partial charge in [-0.3, -0.25) is 0 Å². The van der Waals surface area contributed by atoms with Crippen molar-refractivity contribution in [1.82, 2.24) is 0 Å². The average molecular weight is 361 g/mol. The molecule has 0 unspecified atom stereocenters. The summed E-state index contributed by atoms with van der Waals surface area (Å²) in [6.45, 7) is 13.2. The third-order valence-corrected chi connectivity index (χ3v) is 9.02. The van der Waals surface area contributed by atoms with Gasteiger partial charge in [0.05, 0.1) is 9.52 Å². The van der Waals surface area contributed by atoms with Gasteiger partial charge in [-0.2, -0.15) is 0 Å². The van der Waals surface area contributed by atoms with E-state index in [4.69, 9.17) is 23.2 Å². The van der Waals surface area contributed by atoms with E-state index >= 15 is 0 Å². The summed E-state index contributed by atoms with van der Waals surface area (Å²) in [6, 6.07) is 0. The predicted octanol–water partition coefficient (Wildman–Crippen LogP) is 5.17. The van der Waals surface area contributed by atoms with Crippen molar-refractivity contribution in [3.05, 3.63) is 42.7 Å². The Morgan fingerprint density at radius 3 is 1.85 bits per heavy atom. The van der Waals surface area contributed by atoms with Gasteiger partial charge in [0.2, 0.25) is 0 Å². The molecule has 0 atom stereocenters. The maximum Gasteiger partial charge on any atom is 0.0912 e. The van der Waals surface area contributed by atoms with Crippen LogP contribution in [-0.4, -0.2) is 9.52 Å². The molecule has 0 bridgehead atoms. The van der Waals surface area contributed by atoms with Gasteiger partial charge in [0.15, 0.2) is 0 Å². The Kier molecular flexibility index (Phi) is 5.83. The second kappa shape index (κ2) is 6.30. The zero-order valence-corrected chi connectivity index (χ0v) is 17.7. The second-order valence-corrected chi connectivity index (χ2v) is 8.91. The molecule has 0 spiro atoms. The zero-order chi connectivity index (χ0) is 14.5. The molecule has 0 aliphatic heterocycles. The number of hydrogen-bond donors (Lipinski definition) is 0. The van der Waals surface area contributed by atoms with E-state index in [1.54, 1.807) is 0 Å². The normalized spacial score (nSPS) is 22.8. The summed E-state index contributed by atoms with van der Waals surface area (Å²) in [6.07, 6.45) is 0.936. The van der Waals surface area contributed by atoms with Crippen molar-refractivity contribution in [2.24, 2.45) is 5.41 Å². The monoisotopic (exact) mass is 360 g/mol. The Balaban J connectivity index is 0.00000200. The van der Waals surface area contributed by atoms with Gasteiger partial charge < -0.3 is 0 Å². The summed E-state index contributed by atoms with van der Waals surface area (Å²) in [5, 5.41) is 4.92. The summed E-state index contributed by atoms with van der Waals surface area (Å²) in [7, 11) is -0.578. The molecule has 0 heterocycles. The van der Waals surface area contributed by atoms with Gasteiger partial charge in [-0.1, -0.05) is 59.3 Å². The minimum Gasteiger partial charge on any atom is -0.0889 e. The fraction of sp³-hybridized carbons (Fsp3) is 0.500. The van der Waals surface area contributed by atoms with Crippen LogP contribution in [0.2, 0.25) is 0 Å². The van der Waals surface area contributed by atoms with Crippen LogP contribution in [0.3, 0.4) is 0 Å². The van der Waals surface area contributed by atoms with Crippen LogP contribution < -0.4 is 0 Å². The van der Waals surface area contributed by atoms with Crippen molar-refractivity contribution in [1.29, 1.82) is 0 Å². The fourth-order valence-corrected chi connectivity index (χ4v) is 6.34. The molecule has 20 heavy (non-hydrogen) atoms. The molecule has 0 nitrogen and oxygen atoms in total. The Morgan fingerprint density at radius 1 is 0.950 bits per heavy atom. The molecule has 0 aromatic rings. The van der Waals surface area contributed by atoms with Crippen molar-refractivity contribution in [3.8, 4) is 0 Å². The molecule has 0 aromatic carbocycles. The molecule has 0 radical (unpaired) electrons. The van der Waals surface area contributed by atoms with Crippen LogP contribution >= 0.6 is 23.2 Å². The smallest absolute Gasteiger partial charge is 0.0889 e. The maximum atomic E-state index is 6.66. The molecular formula is C16H22Cl2SiTi. The molecule has 0 fully saturated rings. The molecule has 0 saturated carbocycles. The molecule has 0 amide bonds. The van der Waals surface area contributed by atoms with Crippen molar-refractivity contribution in [3.63, 3.8) is 0 Å². The Hall–Kier alpha value is 0.471. The third kappa shape index (κ3) is 2.85. The van der Waals surface area contributed by atoms with Gasteiger partial charge in [0.1, 0.15) is 0 Å². The van der Waals surface area contributed by atoms with Crippen molar-refractivity contribution in [2.45, 2.75) is 48.0 Å². The number of rotatable bonds is 2. The van der Waals surface area contributed by atoms with Crippen molar-refractivity contribution < 1.29 is 21.7 Å². The SMILES string of the molecule is CC1=C(C)C([SiH2]C2=C(Cl)C(C)(C)C(C)=C2C)=C(Cl)C1.[Ti]. The van der Waals surface area contributed by atoms with Gasteiger partial charge >= 0.3 is 0 Å². The van der Waals surface area contributed by atoms with Crippen LogP contribution in [-0.2, 0) is 21.7 Å². The minimum atomic E-state index is -0.578. The van der Waals surface area contributed by atoms with Crippen LogP contribution in [0.1, 0.15) is 48.0 Å². The van der Waals surface area contributed by atoms with E-state index in [1.165, 1.54) is 32.7 Å². The Labute approximate surface area is 150 Å².